The normalized spacial score (nSPS) is 10.1. The lowest BCUT2D eigenvalue weighted by Gasteiger charge is -2.02. The molecule has 3 N–H and O–H groups in total. The van der Waals surface area contributed by atoms with E-state index in [1.54, 1.807) is 6.07 Å². The van der Waals surface area contributed by atoms with Crippen LogP contribution >= 0.6 is 0 Å². The minimum atomic E-state index is -1.19. The van der Waals surface area contributed by atoms with Crippen LogP contribution in [0.25, 0.3) is 0 Å². The smallest absolute Gasteiger partial charge is 0.353 e. The summed E-state index contributed by atoms with van der Waals surface area (Å²) in [6.07, 6.45) is -0.0864. The third-order valence-electron chi connectivity index (χ3n) is 2.56. The molecule has 0 fully saturated rings. The highest BCUT2D eigenvalue weighted by Gasteiger charge is 2.12. The quantitative estimate of drug-likeness (QED) is 0.558. The van der Waals surface area contributed by atoms with E-state index in [-0.39, 0.29) is 23.6 Å². The number of rotatable bonds is 5. The Morgan fingerprint density at radius 2 is 2.14 bits per heavy atom. The third-order valence-corrected chi connectivity index (χ3v) is 2.56. The van der Waals surface area contributed by atoms with Gasteiger partial charge in [0.15, 0.2) is 5.82 Å². The number of carbonyl (C=O) groups is 2. The number of carboxylic acids is 1. The number of H-pyrrole nitrogens is 1. The average molecular weight is 290 g/mol. The van der Waals surface area contributed by atoms with Gasteiger partial charge >= 0.3 is 5.97 Å². The van der Waals surface area contributed by atoms with Crippen molar-refractivity contribution in [1.82, 2.24) is 10.2 Å². The fourth-order valence-corrected chi connectivity index (χ4v) is 1.65. The van der Waals surface area contributed by atoms with Gasteiger partial charge in [-0.05, 0) is 5.56 Å². The van der Waals surface area contributed by atoms with Crippen LogP contribution in [0.5, 0.6) is 0 Å². The molecule has 0 saturated carbocycles. The summed E-state index contributed by atoms with van der Waals surface area (Å²) in [6, 6.07) is 6.87. The molecular weight excluding hydrogens is 280 g/mol. The van der Waals surface area contributed by atoms with Crippen molar-refractivity contribution in [2.24, 2.45) is 0 Å². The number of aromatic amines is 1. The zero-order valence-corrected chi connectivity index (χ0v) is 10.6. The molecule has 21 heavy (non-hydrogen) atoms. The molecule has 1 amide bonds. The Morgan fingerprint density at radius 1 is 1.38 bits per heavy atom. The third kappa shape index (κ3) is 3.62. The van der Waals surface area contributed by atoms with E-state index in [9.17, 15) is 19.7 Å². The zero-order valence-electron chi connectivity index (χ0n) is 10.6. The predicted octanol–water partition coefficient (Wildman–Crippen LogP) is 1.20. The molecule has 2 rings (SSSR count). The van der Waals surface area contributed by atoms with Gasteiger partial charge in [-0.15, -0.1) is 0 Å². The van der Waals surface area contributed by atoms with Crippen LogP contribution in [0.15, 0.2) is 30.3 Å². The summed E-state index contributed by atoms with van der Waals surface area (Å²) in [7, 11) is 0. The van der Waals surface area contributed by atoms with Gasteiger partial charge in [-0.2, -0.15) is 5.10 Å². The number of nitro benzene ring substituents is 1. The molecule has 0 spiro atoms. The highest BCUT2D eigenvalue weighted by Crippen LogP contribution is 2.14. The van der Waals surface area contributed by atoms with Crippen LogP contribution in [0.3, 0.4) is 0 Å². The van der Waals surface area contributed by atoms with Crippen LogP contribution in [0.4, 0.5) is 11.5 Å². The van der Waals surface area contributed by atoms with E-state index in [1.165, 1.54) is 24.3 Å². The van der Waals surface area contributed by atoms with Crippen molar-refractivity contribution in [2.45, 2.75) is 6.42 Å². The number of nitrogens with zero attached hydrogens (tertiary/aromatic N) is 2. The van der Waals surface area contributed by atoms with E-state index in [4.69, 9.17) is 5.11 Å². The molecule has 0 aliphatic heterocycles. The second-order valence-electron chi connectivity index (χ2n) is 4.12. The number of nitrogens with one attached hydrogen (secondary N) is 2. The lowest BCUT2D eigenvalue weighted by molar-refractivity contribution is -0.384. The maximum absolute atomic E-state index is 11.8. The summed E-state index contributed by atoms with van der Waals surface area (Å²) in [4.78, 5) is 32.5. The Labute approximate surface area is 117 Å². The summed E-state index contributed by atoms with van der Waals surface area (Å²) in [5.74, 6) is -1.58. The maximum atomic E-state index is 11.8. The number of hydrogen-bond donors (Lipinski definition) is 3. The molecule has 0 aliphatic carbocycles. The van der Waals surface area contributed by atoms with Gasteiger partial charge < -0.3 is 10.4 Å². The second kappa shape index (κ2) is 5.82. The number of carbonyl (C=O) groups excluding carboxylic acids is 1. The molecule has 1 aromatic heterocycles. The lowest BCUT2D eigenvalue weighted by atomic mass is 10.1. The average Bonchev–Trinajstić information content (AvgIpc) is 2.87. The first kappa shape index (κ1) is 14.2. The number of anilines is 1. The summed E-state index contributed by atoms with van der Waals surface area (Å²) in [5.41, 5.74) is 0.213. The topological polar surface area (TPSA) is 138 Å². The molecule has 0 radical (unpaired) electrons. The van der Waals surface area contributed by atoms with Crippen LogP contribution in [0.2, 0.25) is 0 Å². The van der Waals surface area contributed by atoms with Crippen LogP contribution in [0.1, 0.15) is 16.1 Å². The number of aromatic carboxylic acids is 1. The Hall–Kier alpha value is -3.23. The minimum absolute atomic E-state index is 0.0721. The Kier molecular flexibility index (Phi) is 3.93. The van der Waals surface area contributed by atoms with Crippen molar-refractivity contribution >= 4 is 23.4 Å². The van der Waals surface area contributed by atoms with Crippen LogP contribution in [0, 0.1) is 10.1 Å². The molecule has 1 heterocycles. The molecule has 108 valence electrons. The summed E-state index contributed by atoms with van der Waals surface area (Å²) in [6.45, 7) is 0. The van der Waals surface area contributed by atoms with Crippen molar-refractivity contribution < 1.29 is 19.6 Å². The van der Waals surface area contributed by atoms with Crippen LogP contribution in [-0.4, -0.2) is 32.1 Å². The van der Waals surface area contributed by atoms with E-state index in [0.717, 1.165) is 0 Å². The first-order chi connectivity index (χ1) is 9.95. The number of nitro groups is 1. The second-order valence-corrected chi connectivity index (χ2v) is 4.12. The van der Waals surface area contributed by atoms with E-state index in [2.05, 4.69) is 15.5 Å². The SMILES string of the molecule is O=C(Cc1cccc([N+](=O)[O-])c1)Nc1cc(C(=O)O)[nH]n1. The van der Waals surface area contributed by atoms with Gasteiger partial charge in [0.1, 0.15) is 5.69 Å². The highest BCUT2D eigenvalue weighted by molar-refractivity contribution is 5.93. The fourth-order valence-electron chi connectivity index (χ4n) is 1.65. The summed E-state index contributed by atoms with van der Waals surface area (Å²) < 4.78 is 0. The zero-order chi connectivity index (χ0) is 15.4. The molecule has 0 saturated heterocycles. The highest BCUT2D eigenvalue weighted by atomic mass is 16.6. The number of non-ortho nitro benzene ring substituents is 1. The van der Waals surface area contributed by atoms with E-state index in [1.807, 2.05) is 0 Å². The number of benzene rings is 1. The molecule has 9 nitrogen and oxygen atoms in total. The van der Waals surface area contributed by atoms with Gasteiger partial charge in [-0.25, -0.2) is 4.79 Å². The van der Waals surface area contributed by atoms with Gasteiger partial charge in [0.2, 0.25) is 5.91 Å². The van der Waals surface area contributed by atoms with Crippen molar-refractivity contribution in [3.05, 3.63) is 51.7 Å². The van der Waals surface area contributed by atoms with Crippen LogP contribution < -0.4 is 5.32 Å². The predicted molar refractivity (Wildman–Crippen MR) is 71.0 cm³/mol. The van der Waals surface area contributed by atoms with Crippen molar-refractivity contribution in [1.29, 1.82) is 0 Å². The first-order valence-electron chi connectivity index (χ1n) is 5.77. The molecule has 2 aromatic rings. The standard InChI is InChI=1S/C12H10N4O5/c17-11(13-10-6-9(12(18)19)14-15-10)5-7-2-1-3-8(4-7)16(20)21/h1-4,6H,5H2,(H,18,19)(H2,13,14,15,17). The number of carboxylic acid groups (broad SMARTS) is 1. The van der Waals surface area contributed by atoms with Crippen LogP contribution in [-0.2, 0) is 11.2 Å². The van der Waals surface area contributed by atoms with Gasteiger partial charge in [-0.3, -0.25) is 20.0 Å². The van der Waals surface area contributed by atoms with Crippen molar-refractivity contribution in [3.8, 4) is 0 Å². The molecule has 0 unspecified atom stereocenters. The fraction of sp³-hybridized carbons (Fsp3) is 0.0833. The van der Waals surface area contributed by atoms with Gasteiger partial charge in [-0.1, -0.05) is 12.1 Å². The monoisotopic (exact) mass is 290 g/mol. The van der Waals surface area contributed by atoms with E-state index in [0.29, 0.717) is 5.56 Å². The minimum Gasteiger partial charge on any atom is -0.477 e. The Morgan fingerprint density at radius 3 is 2.76 bits per heavy atom. The number of hydrogen-bond acceptors (Lipinski definition) is 5. The van der Waals surface area contributed by atoms with E-state index >= 15 is 0 Å². The van der Waals surface area contributed by atoms with Crippen molar-refractivity contribution in [3.63, 3.8) is 0 Å². The summed E-state index contributed by atoms with van der Waals surface area (Å²) >= 11 is 0. The van der Waals surface area contributed by atoms with Gasteiger partial charge in [0, 0.05) is 18.2 Å². The number of amides is 1. The first-order valence-corrected chi connectivity index (χ1v) is 5.77. The lowest BCUT2D eigenvalue weighted by Crippen LogP contribution is -2.14. The molecule has 0 bridgehead atoms. The molecule has 1 aromatic carbocycles. The molecule has 0 atom stereocenters. The largest absolute Gasteiger partial charge is 0.477 e. The molecular formula is C12H10N4O5. The Balaban J connectivity index is 2.02. The van der Waals surface area contributed by atoms with E-state index < -0.39 is 16.8 Å². The Bertz CT molecular complexity index is 709. The van der Waals surface area contributed by atoms with Crippen molar-refractivity contribution in [2.75, 3.05) is 5.32 Å². The summed E-state index contributed by atoms with van der Waals surface area (Å²) in [5, 5.41) is 27.6. The molecule has 0 aliphatic rings. The van der Waals surface area contributed by atoms with Gasteiger partial charge in [0.25, 0.3) is 5.69 Å². The molecule has 9 heteroatoms. The van der Waals surface area contributed by atoms with Gasteiger partial charge in [0.05, 0.1) is 11.3 Å². The number of aromatic nitrogens is 2. The maximum Gasteiger partial charge on any atom is 0.353 e.